The van der Waals surface area contributed by atoms with Crippen LogP contribution in [0.25, 0.3) is 0 Å². The lowest BCUT2D eigenvalue weighted by Crippen LogP contribution is -2.58. The number of hydrogen-bond acceptors (Lipinski definition) is 9. The fraction of sp³-hybridized carbons (Fsp3) is 0.850. The Morgan fingerprint density at radius 2 is 1.07 bits per heavy atom. The molecule has 8 fully saturated rings. The number of likely N-dealkylation sites (tertiary alicyclic amines) is 6. The molecule has 0 aromatic carbocycles. The number of hydrogen-bond donors (Lipinski definition) is 0. The minimum absolute atomic E-state index is 0. The second-order valence-corrected chi connectivity index (χ2v) is 16.7. The molecule has 14 nitrogen and oxygen atoms in total. The van der Waals surface area contributed by atoms with Gasteiger partial charge in [-0.2, -0.15) is 13.2 Å². The van der Waals surface area contributed by atoms with Crippen molar-refractivity contribution in [2.24, 2.45) is 10.8 Å². The third-order valence-corrected chi connectivity index (χ3v) is 13.1. The highest BCUT2D eigenvalue weighted by molar-refractivity contribution is 5.87. The van der Waals surface area contributed by atoms with Gasteiger partial charge in [0.15, 0.2) is 0 Å². The fourth-order valence-electron chi connectivity index (χ4n) is 9.78. The van der Waals surface area contributed by atoms with Crippen LogP contribution in [0.4, 0.5) is 22.8 Å². The number of alkyl halides is 3. The van der Waals surface area contributed by atoms with Gasteiger partial charge >= 0.3 is 24.3 Å². The quantitative estimate of drug-likeness (QED) is 0.354. The number of β-lactam (4-membered cyclic amide) rings is 2. The van der Waals surface area contributed by atoms with Crippen LogP contribution in [0.3, 0.4) is 0 Å². The Kier molecular flexibility index (Phi) is 15.3. The van der Waals surface area contributed by atoms with Crippen LogP contribution in [0, 0.1) is 10.8 Å². The van der Waals surface area contributed by atoms with Crippen molar-refractivity contribution in [2.75, 3.05) is 78.7 Å². The molecule has 0 aromatic heterocycles. The molecule has 0 aromatic rings. The molecule has 0 unspecified atom stereocenters. The van der Waals surface area contributed by atoms with Crippen molar-refractivity contribution in [3.8, 4) is 0 Å². The monoisotopic (exact) mass is 814 g/mol. The van der Waals surface area contributed by atoms with Crippen molar-refractivity contribution < 1.29 is 51.4 Å². The molecule has 6 heterocycles. The molecule has 6 aliphatic heterocycles. The van der Waals surface area contributed by atoms with E-state index < -0.39 is 12.1 Å². The summed E-state index contributed by atoms with van der Waals surface area (Å²) < 4.78 is 46.6. The smallest absolute Gasteiger partial charge is 0.450 e. The summed E-state index contributed by atoms with van der Waals surface area (Å²) >= 11 is 0. The van der Waals surface area contributed by atoms with Gasteiger partial charge in [0.2, 0.25) is 11.8 Å². The standard InChI is InChI=1S/C18H29N3O3.C10H13F3N2O2.C10H15NO3.2CH4/c1-2-24-17(23)20-10-6-18(13-20)11-15(12-18)19-7-3-14(4-8-19)21-9-5-16(21)22;11-10(12,13)9(17)14-4-1-7(2-5-14)15-6-3-8(15)16;1-2-14-9(13)11-4-3-10(7-11)5-8(12)6-10;;/h14-15H,2-13H2,1H3;7H,1-6H2;2-7H2,1H3;2*1H4. The van der Waals surface area contributed by atoms with E-state index in [4.69, 9.17) is 9.47 Å². The molecule has 324 valence electrons. The van der Waals surface area contributed by atoms with E-state index in [2.05, 4.69) is 9.80 Å². The molecular formula is C40H65F3N6O8. The Hall–Kier alpha value is -3.63. The fourth-order valence-corrected chi connectivity index (χ4v) is 9.78. The molecule has 2 spiro atoms. The van der Waals surface area contributed by atoms with Gasteiger partial charge in [-0.25, -0.2) is 9.59 Å². The van der Waals surface area contributed by atoms with E-state index in [0.717, 1.165) is 76.3 Å². The van der Waals surface area contributed by atoms with Crippen molar-refractivity contribution >= 4 is 35.7 Å². The number of carbonyl (C=O) groups is 6. The van der Waals surface area contributed by atoms with Gasteiger partial charge in [-0.3, -0.25) is 19.2 Å². The molecule has 0 atom stereocenters. The molecule has 2 aliphatic carbocycles. The number of rotatable bonds is 5. The first-order chi connectivity index (χ1) is 26.1. The van der Waals surface area contributed by atoms with Gasteiger partial charge in [0.1, 0.15) is 5.78 Å². The Morgan fingerprint density at radius 1 is 0.632 bits per heavy atom. The summed E-state index contributed by atoms with van der Waals surface area (Å²) in [6.45, 7) is 11.8. The van der Waals surface area contributed by atoms with Crippen LogP contribution >= 0.6 is 0 Å². The lowest BCUT2D eigenvalue weighted by molar-refractivity contribution is -0.187. The van der Waals surface area contributed by atoms with Gasteiger partial charge in [0.05, 0.1) is 13.2 Å². The number of ether oxygens (including phenoxy) is 2. The van der Waals surface area contributed by atoms with Crippen molar-refractivity contribution in [3.05, 3.63) is 0 Å². The maximum atomic E-state index is 12.2. The molecule has 0 bridgehead atoms. The summed E-state index contributed by atoms with van der Waals surface area (Å²) in [7, 11) is 0. The lowest BCUT2D eigenvalue weighted by Gasteiger charge is -2.52. The molecule has 0 radical (unpaired) electrons. The average Bonchev–Trinajstić information content (AvgIpc) is 3.77. The third-order valence-electron chi connectivity index (χ3n) is 13.1. The van der Waals surface area contributed by atoms with Gasteiger partial charge in [-0.1, -0.05) is 14.9 Å². The lowest BCUT2D eigenvalue weighted by atomic mass is 9.64. The largest absolute Gasteiger partial charge is 0.471 e. The summed E-state index contributed by atoms with van der Waals surface area (Å²) in [5, 5.41) is 0. The van der Waals surface area contributed by atoms with Gasteiger partial charge < -0.3 is 38.9 Å². The summed E-state index contributed by atoms with van der Waals surface area (Å²) in [6.07, 6.45) is 5.08. The van der Waals surface area contributed by atoms with Crippen molar-refractivity contribution in [2.45, 2.75) is 130 Å². The first-order valence-corrected chi connectivity index (χ1v) is 20.2. The van der Waals surface area contributed by atoms with E-state index in [1.165, 1.54) is 12.8 Å². The van der Waals surface area contributed by atoms with Crippen LogP contribution in [-0.2, 0) is 28.7 Å². The van der Waals surface area contributed by atoms with Crippen LogP contribution in [0.1, 0.15) is 106 Å². The highest BCUT2D eigenvalue weighted by Gasteiger charge is 2.52. The number of Topliss-reactive ketones (excluding diaryl/α,β-unsaturated/α-hetero) is 1. The Labute approximate surface area is 335 Å². The Balaban J connectivity index is 0.000000194. The molecule has 2 saturated carbocycles. The van der Waals surface area contributed by atoms with Crippen LogP contribution in [0.5, 0.6) is 0 Å². The second kappa shape index (κ2) is 19.0. The summed E-state index contributed by atoms with van der Waals surface area (Å²) in [5.41, 5.74) is 0.464. The number of amides is 5. The van der Waals surface area contributed by atoms with Crippen LogP contribution in [0.2, 0.25) is 0 Å². The Morgan fingerprint density at radius 3 is 1.46 bits per heavy atom. The average molecular weight is 815 g/mol. The van der Waals surface area contributed by atoms with E-state index in [1.807, 2.05) is 11.8 Å². The van der Waals surface area contributed by atoms with Crippen LogP contribution in [0.15, 0.2) is 0 Å². The van der Waals surface area contributed by atoms with E-state index in [9.17, 15) is 41.9 Å². The first kappa shape index (κ1) is 46.1. The van der Waals surface area contributed by atoms with Gasteiger partial charge in [0, 0.05) is 115 Å². The van der Waals surface area contributed by atoms with E-state index >= 15 is 0 Å². The minimum Gasteiger partial charge on any atom is -0.450 e. The maximum absolute atomic E-state index is 12.2. The van der Waals surface area contributed by atoms with Crippen molar-refractivity contribution in [3.63, 3.8) is 0 Å². The zero-order chi connectivity index (χ0) is 39.5. The molecule has 17 heteroatoms. The van der Waals surface area contributed by atoms with E-state index in [1.54, 1.807) is 16.7 Å². The number of ketones is 1. The van der Waals surface area contributed by atoms with E-state index in [-0.39, 0.29) is 57.5 Å². The molecule has 8 aliphatic rings. The molecule has 8 rings (SSSR count). The predicted molar refractivity (Wildman–Crippen MR) is 205 cm³/mol. The predicted octanol–water partition coefficient (Wildman–Crippen LogP) is 4.94. The van der Waals surface area contributed by atoms with Gasteiger partial charge in [-0.15, -0.1) is 0 Å². The van der Waals surface area contributed by atoms with Crippen molar-refractivity contribution in [1.82, 2.24) is 29.4 Å². The minimum atomic E-state index is -4.79. The normalized spacial score (nSPS) is 27.1. The number of piperidine rings is 2. The highest BCUT2D eigenvalue weighted by atomic mass is 19.4. The van der Waals surface area contributed by atoms with Crippen LogP contribution < -0.4 is 0 Å². The summed E-state index contributed by atoms with van der Waals surface area (Å²) in [4.78, 5) is 78.7. The van der Waals surface area contributed by atoms with E-state index in [0.29, 0.717) is 87.6 Å². The van der Waals surface area contributed by atoms with Crippen molar-refractivity contribution in [1.29, 1.82) is 0 Å². The number of carbonyl (C=O) groups excluding carboxylic acids is 6. The molecule has 6 saturated heterocycles. The number of nitrogens with zero attached hydrogens (tertiary/aromatic N) is 6. The Bertz CT molecular complexity index is 1450. The van der Waals surface area contributed by atoms with Crippen LogP contribution in [-0.4, -0.2) is 168 Å². The zero-order valence-electron chi connectivity index (χ0n) is 32.3. The molecule has 57 heavy (non-hydrogen) atoms. The van der Waals surface area contributed by atoms with Gasteiger partial charge in [-0.05, 0) is 70.6 Å². The topological polar surface area (TPSA) is 140 Å². The summed E-state index contributed by atoms with van der Waals surface area (Å²) in [5.74, 6) is -1.03. The SMILES string of the molecule is C.C.CCOC(=O)N1CCC2(CC(=O)C2)C1.CCOC(=O)N1CCC2(CC(N3CCC(N4CCC4=O)CC3)C2)C1.O=C1CCN1C1CCN(C(=O)C(F)(F)F)CC1. The third kappa shape index (κ3) is 10.5. The molecule has 5 amide bonds. The molecular weight excluding hydrogens is 749 g/mol. The van der Waals surface area contributed by atoms with Gasteiger partial charge in [0.25, 0.3) is 0 Å². The summed E-state index contributed by atoms with van der Waals surface area (Å²) in [6, 6.07) is 1.18. The first-order valence-electron chi connectivity index (χ1n) is 20.2. The molecule has 0 N–H and O–H groups in total. The zero-order valence-corrected chi connectivity index (χ0v) is 32.3. The maximum Gasteiger partial charge on any atom is 0.471 e. The number of halogens is 3. The second-order valence-electron chi connectivity index (χ2n) is 16.7. The highest BCUT2D eigenvalue weighted by Crippen LogP contribution is 2.51.